The van der Waals surface area contributed by atoms with E-state index in [0.717, 1.165) is 21.2 Å². The van der Waals surface area contributed by atoms with Gasteiger partial charge in [0.1, 0.15) is 11.5 Å². The molecule has 1 aliphatic heterocycles. The minimum Gasteiger partial charge on any atom is -0.463 e. The Kier molecular flexibility index (Phi) is 7.19. The van der Waals surface area contributed by atoms with Crippen LogP contribution >= 0.6 is 27.3 Å². The first-order valence-electron chi connectivity index (χ1n) is 12.7. The monoisotopic (exact) mass is 610 g/mol. The Morgan fingerprint density at radius 1 is 1.00 bits per heavy atom. The SMILES string of the molecule is CCOC(=O)C1=C(c2ccccc2)N=c2s/c(=C\c3ccc(-c4cccc(Br)c4)o3)c(=O)n2C1c1ccccc1. The number of furan rings is 1. The number of aromatic nitrogens is 1. The summed E-state index contributed by atoms with van der Waals surface area (Å²) in [4.78, 5) is 32.8. The van der Waals surface area contributed by atoms with E-state index < -0.39 is 12.0 Å². The van der Waals surface area contributed by atoms with Gasteiger partial charge in [-0.25, -0.2) is 9.79 Å². The third-order valence-corrected chi connectivity index (χ3v) is 7.97. The van der Waals surface area contributed by atoms with Crippen LogP contribution in [-0.4, -0.2) is 17.1 Å². The summed E-state index contributed by atoms with van der Waals surface area (Å²) < 4.78 is 14.6. The molecule has 1 unspecified atom stereocenters. The Hall–Kier alpha value is -4.27. The number of thiazole rings is 1. The third-order valence-electron chi connectivity index (χ3n) is 6.50. The Morgan fingerprint density at radius 3 is 2.45 bits per heavy atom. The second-order valence-electron chi connectivity index (χ2n) is 9.05. The second kappa shape index (κ2) is 11.1. The van der Waals surface area contributed by atoms with E-state index >= 15 is 0 Å². The zero-order valence-electron chi connectivity index (χ0n) is 21.4. The molecule has 0 radical (unpaired) electrons. The lowest BCUT2D eigenvalue weighted by Crippen LogP contribution is -2.39. The number of rotatable bonds is 6. The summed E-state index contributed by atoms with van der Waals surface area (Å²) in [5.74, 6) is 0.737. The Morgan fingerprint density at radius 2 is 1.73 bits per heavy atom. The van der Waals surface area contributed by atoms with Crippen LogP contribution in [0.4, 0.5) is 0 Å². The van der Waals surface area contributed by atoms with Gasteiger partial charge in [-0.15, -0.1) is 0 Å². The summed E-state index contributed by atoms with van der Waals surface area (Å²) in [7, 11) is 0. The number of ether oxygens (including phenoxy) is 1. The van der Waals surface area contributed by atoms with Crippen molar-refractivity contribution in [3.05, 3.63) is 144 Å². The van der Waals surface area contributed by atoms with Crippen molar-refractivity contribution in [3.8, 4) is 11.3 Å². The Labute approximate surface area is 242 Å². The van der Waals surface area contributed by atoms with Gasteiger partial charge in [-0.2, -0.15) is 0 Å². The number of esters is 1. The molecule has 0 saturated carbocycles. The van der Waals surface area contributed by atoms with Crippen molar-refractivity contribution in [1.82, 2.24) is 4.57 Å². The molecule has 1 atom stereocenters. The van der Waals surface area contributed by atoms with Crippen molar-refractivity contribution in [2.24, 2.45) is 4.99 Å². The van der Waals surface area contributed by atoms with Gasteiger partial charge in [0.25, 0.3) is 5.56 Å². The fourth-order valence-electron chi connectivity index (χ4n) is 4.75. The molecule has 40 heavy (non-hydrogen) atoms. The number of fused-ring (bicyclic) bond motifs is 1. The third kappa shape index (κ3) is 4.92. The minimum atomic E-state index is -0.706. The summed E-state index contributed by atoms with van der Waals surface area (Å²) in [6.07, 6.45) is 1.73. The largest absolute Gasteiger partial charge is 0.463 e. The quantitative estimate of drug-likeness (QED) is 0.222. The fraction of sp³-hybridized carbons (Fsp3) is 0.0938. The van der Waals surface area contributed by atoms with Crippen molar-refractivity contribution in [2.75, 3.05) is 6.61 Å². The zero-order chi connectivity index (χ0) is 27.6. The molecule has 0 spiro atoms. The molecule has 3 heterocycles. The highest BCUT2D eigenvalue weighted by Gasteiger charge is 2.35. The van der Waals surface area contributed by atoms with Crippen LogP contribution in [0.1, 0.15) is 29.9 Å². The molecule has 2 aromatic heterocycles. The fourth-order valence-corrected chi connectivity index (χ4v) is 6.13. The van der Waals surface area contributed by atoms with Gasteiger partial charge in [0.15, 0.2) is 4.80 Å². The Bertz CT molecular complexity index is 1920. The van der Waals surface area contributed by atoms with Gasteiger partial charge >= 0.3 is 5.97 Å². The van der Waals surface area contributed by atoms with E-state index in [2.05, 4.69) is 15.9 Å². The van der Waals surface area contributed by atoms with Gasteiger partial charge < -0.3 is 9.15 Å². The molecular formula is C32H23BrN2O4S. The molecule has 0 aliphatic carbocycles. The minimum absolute atomic E-state index is 0.204. The van der Waals surface area contributed by atoms with Crippen LogP contribution in [0.3, 0.4) is 0 Å². The number of carbonyl (C=O) groups is 1. The lowest BCUT2D eigenvalue weighted by molar-refractivity contribution is -0.138. The predicted molar refractivity (Wildman–Crippen MR) is 159 cm³/mol. The van der Waals surface area contributed by atoms with Crippen LogP contribution in [0.5, 0.6) is 0 Å². The van der Waals surface area contributed by atoms with Gasteiger partial charge in [-0.3, -0.25) is 9.36 Å². The van der Waals surface area contributed by atoms with E-state index in [9.17, 15) is 9.59 Å². The predicted octanol–water partition coefficient (Wildman–Crippen LogP) is 5.96. The van der Waals surface area contributed by atoms with E-state index in [1.54, 1.807) is 17.6 Å². The first-order valence-corrected chi connectivity index (χ1v) is 14.3. The molecule has 0 saturated heterocycles. The lowest BCUT2D eigenvalue weighted by atomic mass is 9.93. The normalized spacial score (nSPS) is 15.1. The van der Waals surface area contributed by atoms with Crippen LogP contribution in [0.15, 0.2) is 121 Å². The highest BCUT2D eigenvalue weighted by Crippen LogP contribution is 2.35. The number of hydrogen-bond donors (Lipinski definition) is 0. The van der Waals surface area contributed by atoms with E-state index in [4.69, 9.17) is 14.1 Å². The number of benzene rings is 3. The molecule has 6 nitrogen and oxygen atoms in total. The van der Waals surface area contributed by atoms with Crippen LogP contribution in [-0.2, 0) is 9.53 Å². The molecular weight excluding hydrogens is 588 g/mol. The molecule has 1 aliphatic rings. The van der Waals surface area contributed by atoms with Gasteiger partial charge in [-0.1, -0.05) is 100 Å². The zero-order valence-corrected chi connectivity index (χ0v) is 23.8. The van der Waals surface area contributed by atoms with Gasteiger partial charge in [-0.05, 0) is 36.8 Å². The molecule has 5 aromatic rings. The summed E-state index contributed by atoms with van der Waals surface area (Å²) >= 11 is 4.76. The lowest BCUT2D eigenvalue weighted by Gasteiger charge is -2.25. The number of nitrogens with zero attached hydrogens (tertiary/aromatic N) is 2. The summed E-state index contributed by atoms with van der Waals surface area (Å²) in [5.41, 5.74) is 3.05. The average molecular weight is 612 g/mol. The molecule has 3 aromatic carbocycles. The van der Waals surface area contributed by atoms with E-state index in [0.29, 0.717) is 32.1 Å². The van der Waals surface area contributed by atoms with Gasteiger partial charge in [0, 0.05) is 21.7 Å². The number of hydrogen-bond acceptors (Lipinski definition) is 6. The molecule has 0 fully saturated rings. The van der Waals surface area contributed by atoms with E-state index in [1.807, 2.05) is 97.1 Å². The van der Waals surface area contributed by atoms with Crippen LogP contribution in [0.2, 0.25) is 0 Å². The van der Waals surface area contributed by atoms with Crippen LogP contribution < -0.4 is 14.9 Å². The second-order valence-corrected chi connectivity index (χ2v) is 11.0. The molecule has 6 rings (SSSR count). The van der Waals surface area contributed by atoms with Crippen LogP contribution in [0.25, 0.3) is 23.1 Å². The van der Waals surface area contributed by atoms with Crippen molar-refractivity contribution >= 4 is 45.0 Å². The van der Waals surface area contributed by atoms with Crippen LogP contribution in [0, 0.1) is 0 Å². The molecule has 198 valence electrons. The van der Waals surface area contributed by atoms with E-state index in [1.165, 1.54) is 11.3 Å². The highest BCUT2D eigenvalue weighted by molar-refractivity contribution is 9.10. The van der Waals surface area contributed by atoms with Crippen molar-refractivity contribution in [2.45, 2.75) is 13.0 Å². The molecule has 8 heteroatoms. The first kappa shape index (κ1) is 26.0. The van der Waals surface area contributed by atoms with Crippen molar-refractivity contribution in [1.29, 1.82) is 0 Å². The summed E-state index contributed by atoms with van der Waals surface area (Å²) in [6.45, 7) is 1.97. The maximum Gasteiger partial charge on any atom is 0.338 e. The molecule has 0 N–H and O–H groups in total. The summed E-state index contributed by atoms with van der Waals surface area (Å²) in [6, 6.07) is 29.8. The van der Waals surface area contributed by atoms with Gasteiger partial charge in [0.05, 0.1) is 28.5 Å². The standard InChI is InChI=1S/C32H23BrN2O4S/c1-2-38-31(37)27-28(20-10-5-3-6-11-20)34-32-35(29(27)21-12-7-4-8-13-21)30(36)26(40-32)19-24-16-17-25(39-24)22-14-9-15-23(33)18-22/h3-19,29H,2H2,1H3/b26-19-. The van der Waals surface area contributed by atoms with E-state index in [-0.39, 0.29) is 12.2 Å². The maximum absolute atomic E-state index is 14.0. The highest BCUT2D eigenvalue weighted by atomic mass is 79.9. The smallest absolute Gasteiger partial charge is 0.338 e. The first-order chi connectivity index (χ1) is 19.5. The van der Waals surface area contributed by atoms with Crippen molar-refractivity contribution < 1.29 is 13.9 Å². The number of carbonyl (C=O) groups excluding carboxylic acids is 1. The topological polar surface area (TPSA) is 73.8 Å². The summed E-state index contributed by atoms with van der Waals surface area (Å²) in [5, 5.41) is 0. The van der Waals surface area contributed by atoms with Gasteiger partial charge in [0.2, 0.25) is 0 Å². The van der Waals surface area contributed by atoms with Crippen molar-refractivity contribution in [3.63, 3.8) is 0 Å². The molecule has 0 bridgehead atoms. The Balaban J connectivity index is 1.56. The maximum atomic E-state index is 14.0. The number of halogens is 1. The average Bonchev–Trinajstić information content (AvgIpc) is 3.57. The molecule has 0 amide bonds.